The van der Waals surface area contributed by atoms with Crippen molar-refractivity contribution in [2.75, 3.05) is 13.1 Å². The first-order valence-corrected chi connectivity index (χ1v) is 5.80. The van der Waals surface area contributed by atoms with Gasteiger partial charge >= 0.3 is 5.97 Å². The van der Waals surface area contributed by atoms with E-state index in [9.17, 15) is 4.79 Å². The van der Waals surface area contributed by atoms with Crippen molar-refractivity contribution in [3.8, 4) is 0 Å². The van der Waals surface area contributed by atoms with Crippen LogP contribution in [0.1, 0.15) is 30.6 Å². The third-order valence-corrected chi connectivity index (χ3v) is 3.15. The molecule has 1 N–H and O–H groups in total. The molecule has 5 heteroatoms. The van der Waals surface area contributed by atoms with Crippen molar-refractivity contribution < 1.29 is 9.90 Å². The third kappa shape index (κ3) is 3.28. The third-order valence-electron chi connectivity index (χ3n) is 2.36. The number of hydrogen-bond acceptors (Lipinski definition) is 4. The lowest BCUT2D eigenvalue weighted by atomic mass is 10.2. The number of aromatic nitrogens is 1. The smallest absolute Gasteiger partial charge is 0.317 e. The first-order chi connectivity index (χ1) is 7.04. The number of aliphatic carboxylic acids is 1. The van der Waals surface area contributed by atoms with Gasteiger partial charge in [0.25, 0.3) is 0 Å². The zero-order valence-electron chi connectivity index (χ0n) is 9.23. The van der Waals surface area contributed by atoms with E-state index < -0.39 is 5.97 Å². The summed E-state index contributed by atoms with van der Waals surface area (Å²) in [5.41, 5.74) is 0.959. The van der Waals surface area contributed by atoms with E-state index in [0.717, 1.165) is 10.7 Å². The van der Waals surface area contributed by atoms with E-state index in [0.29, 0.717) is 6.54 Å². The molecule has 1 aromatic rings. The van der Waals surface area contributed by atoms with Gasteiger partial charge < -0.3 is 5.11 Å². The molecule has 0 fully saturated rings. The number of carboxylic acids is 1. The molecule has 0 amide bonds. The van der Waals surface area contributed by atoms with Crippen molar-refractivity contribution in [1.29, 1.82) is 0 Å². The van der Waals surface area contributed by atoms with Crippen LogP contribution in [0.25, 0.3) is 0 Å². The Labute approximate surface area is 93.6 Å². The molecule has 84 valence electrons. The Hall–Kier alpha value is -0.940. The molecule has 1 atom stereocenters. The molecule has 0 spiro atoms. The molecule has 0 aliphatic carbocycles. The van der Waals surface area contributed by atoms with Crippen LogP contribution in [0.4, 0.5) is 0 Å². The van der Waals surface area contributed by atoms with Gasteiger partial charge in [-0.05, 0) is 20.4 Å². The van der Waals surface area contributed by atoms with E-state index in [1.807, 2.05) is 31.1 Å². The summed E-state index contributed by atoms with van der Waals surface area (Å²) in [5, 5.41) is 11.8. The summed E-state index contributed by atoms with van der Waals surface area (Å²) in [6.45, 7) is 6.67. The predicted molar refractivity (Wildman–Crippen MR) is 60.1 cm³/mol. The van der Waals surface area contributed by atoms with Gasteiger partial charge in [0, 0.05) is 5.38 Å². The molecule has 0 radical (unpaired) electrons. The fourth-order valence-electron chi connectivity index (χ4n) is 1.46. The van der Waals surface area contributed by atoms with Crippen LogP contribution < -0.4 is 0 Å². The van der Waals surface area contributed by atoms with E-state index in [-0.39, 0.29) is 12.6 Å². The van der Waals surface area contributed by atoms with Crippen LogP contribution in [-0.4, -0.2) is 34.0 Å². The van der Waals surface area contributed by atoms with E-state index in [1.54, 1.807) is 11.3 Å². The zero-order chi connectivity index (χ0) is 11.4. The minimum atomic E-state index is -0.796. The average Bonchev–Trinajstić information content (AvgIpc) is 2.60. The first-order valence-electron chi connectivity index (χ1n) is 4.92. The maximum atomic E-state index is 10.7. The van der Waals surface area contributed by atoms with Crippen molar-refractivity contribution in [2.24, 2.45) is 0 Å². The number of hydrogen-bond donors (Lipinski definition) is 1. The minimum absolute atomic E-state index is 0.0637. The molecule has 0 saturated heterocycles. The van der Waals surface area contributed by atoms with Crippen LogP contribution in [0, 0.1) is 6.92 Å². The molecule has 0 aromatic carbocycles. The Kier molecular flexibility index (Phi) is 4.23. The first kappa shape index (κ1) is 12.1. The highest BCUT2D eigenvalue weighted by atomic mass is 32.1. The summed E-state index contributed by atoms with van der Waals surface area (Å²) in [6, 6.07) is 0.0658. The van der Waals surface area contributed by atoms with Crippen molar-refractivity contribution >= 4 is 17.3 Å². The number of thiazole rings is 1. The Morgan fingerprint density at radius 2 is 2.40 bits per heavy atom. The molecule has 1 heterocycles. The summed E-state index contributed by atoms with van der Waals surface area (Å²) in [6.07, 6.45) is 0. The normalized spacial score (nSPS) is 13.1. The Balaban J connectivity index is 2.72. The van der Waals surface area contributed by atoms with E-state index in [1.165, 1.54) is 0 Å². The second-order valence-corrected chi connectivity index (χ2v) is 4.49. The zero-order valence-corrected chi connectivity index (χ0v) is 10.0. The van der Waals surface area contributed by atoms with Gasteiger partial charge in [0.05, 0.1) is 23.3 Å². The minimum Gasteiger partial charge on any atom is -0.480 e. The summed E-state index contributed by atoms with van der Waals surface area (Å²) in [7, 11) is 0. The van der Waals surface area contributed by atoms with Gasteiger partial charge in [-0.15, -0.1) is 11.3 Å². The maximum absolute atomic E-state index is 10.7. The van der Waals surface area contributed by atoms with Crippen molar-refractivity contribution in [3.05, 3.63) is 16.1 Å². The molecule has 1 aromatic heterocycles. The van der Waals surface area contributed by atoms with E-state index >= 15 is 0 Å². The average molecular weight is 228 g/mol. The summed E-state index contributed by atoms with van der Waals surface area (Å²) >= 11 is 1.59. The fraction of sp³-hybridized carbons (Fsp3) is 0.600. The molecule has 0 bridgehead atoms. The highest BCUT2D eigenvalue weighted by Crippen LogP contribution is 2.21. The molecule has 1 unspecified atom stereocenters. The lowest BCUT2D eigenvalue weighted by Gasteiger charge is -2.24. The molecule has 0 saturated carbocycles. The van der Waals surface area contributed by atoms with Crippen LogP contribution >= 0.6 is 11.3 Å². The molecule has 15 heavy (non-hydrogen) atoms. The fourth-order valence-corrected chi connectivity index (χ4v) is 2.15. The molecule has 4 nitrogen and oxygen atoms in total. The van der Waals surface area contributed by atoms with Gasteiger partial charge in [-0.2, -0.15) is 0 Å². The molecule has 0 aliphatic heterocycles. The van der Waals surface area contributed by atoms with Gasteiger partial charge in [-0.25, -0.2) is 4.98 Å². The Morgan fingerprint density at radius 3 is 2.80 bits per heavy atom. The topological polar surface area (TPSA) is 53.4 Å². The number of likely N-dealkylation sites (N-methyl/N-ethyl adjacent to an activating group) is 1. The lowest BCUT2D eigenvalue weighted by Crippen LogP contribution is -2.32. The van der Waals surface area contributed by atoms with Gasteiger partial charge in [-0.3, -0.25) is 9.69 Å². The SMILES string of the molecule is CCN(CC(=O)O)C(C)c1csc(C)n1. The van der Waals surface area contributed by atoms with E-state index in [2.05, 4.69) is 4.98 Å². The highest BCUT2D eigenvalue weighted by Gasteiger charge is 2.18. The predicted octanol–water partition coefficient (Wildman–Crippen LogP) is 1.92. The van der Waals surface area contributed by atoms with Crippen molar-refractivity contribution in [2.45, 2.75) is 26.8 Å². The summed E-state index contributed by atoms with van der Waals surface area (Å²) in [5.74, 6) is -0.796. The van der Waals surface area contributed by atoms with E-state index in [4.69, 9.17) is 5.11 Å². The molecule has 0 aliphatic rings. The Morgan fingerprint density at radius 1 is 1.73 bits per heavy atom. The standard InChI is InChI=1S/C10H16N2O2S/c1-4-12(5-10(13)14)7(2)9-6-15-8(3)11-9/h6-7H,4-5H2,1-3H3,(H,13,14). The molecular weight excluding hydrogens is 212 g/mol. The van der Waals surface area contributed by atoms with Gasteiger partial charge in [-0.1, -0.05) is 6.92 Å². The Bertz CT molecular complexity index is 338. The highest BCUT2D eigenvalue weighted by molar-refractivity contribution is 7.09. The number of carboxylic acid groups (broad SMARTS) is 1. The monoisotopic (exact) mass is 228 g/mol. The van der Waals surface area contributed by atoms with Gasteiger partial charge in [0.1, 0.15) is 0 Å². The lowest BCUT2D eigenvalue weighted by molar-refractivity contribution is -0.138. The summed E-state index contributed by atoms with van der Waals surface area (Å²) < 4.78 is 0. The number of aryl methyl sites for hydroxylation is 1. The van der Waals surface area contributed by atoms with Crippen LogP contribution in [-0.2, 0) is 4.79 Å². The van der Waals surface area contributed by atoms with Crippen LogP contribution in [0.15, 0.2) is 5.38 Å². The van der Waals surface area contributed by atoms with Gasteiger partial charge in [0.2, 0.25) is 0 Å². The second kappa shape index (κ2) is 5.23. The number of rotatable bonds is 5. The number of nitrogens with zero attached hydrogens (tertiary/aromatic N) is 2. The second-order valence-electron chi connectivity index (χ2n) is 3.42. The maximum Gasteiger partial charge on any atom is 0.317 e. The quantitative estimate of drug-likeness (QED) is 0.836. The molecule has 1 rings (SSSR count). The largest absolute Gasteiger partial charge is 0.480 e. The van der Waals surface area contributed by atoms with Crippen LogP contribution in [0.2, 0.25) is 0 Å². The summed E-state index contributed by atoms with van der Waals surface area (Å²) in [4.78, 5) is 16.9. The number of carbonyl (C=O) groups is 1. The van der Waals surface area contributed by atoms with Crippen LogP contribution in [0.5, 0.6) is 0 Å². The van der Waals surface area contributed by atoms with Crippen LogP contribution in [0.3, 0.4) is 0 Å². The molecular formula is C10H16N2O2S. The van der Waals surface area contributed by atoms with Crippen molar-refractivity contribution in [1.82, 2.24) is 9.88 Å². The van der Waals surface area contributed by atoms with Gasteiger partial charge in [0.15, 0.2) is 0 Å². The van der Waals surface area contributed by atoms with Crippen molar-refractivity contribution in [3.63, 3.8) is 0 Å².